The van der Waals surface area contributed by atoms with Gasteiger partial charge in [-0.05, 0) is 37.3 Å². The zero-order valence-corrected chi connectivity index (χ0v) is 13.4. The van der Waals surface area contributed by atoms with Crippen LogP contribution in [0.1, 0.15) is 27.6 Å². The fourth-order valence-electron chi connectivity index (χ4n) is 1.90. The summed E-state index contributed by atoms with van der Waals surface area (Å²) < 4.78 is 4.86. The molecule has 0 radical (unpaired) electrons. The average Bonchev–Trinajstić information content (AvgIpc) is 2.55. The molecule has 1 amide bonds. The summed E-state index contributed by atoms with van der Waals surface area (Å²) in [5.74, 6) is -1.05. The van der Waals surface area contributed by atoms with E-state index in [4.69, 9.17) is 16.3 Å². The lowest BCUT2D eigenvalue weighted by atomic mass is 10.1. The predicted molar refractivity (Wildman–Crippen MR) is 88.5 cm³/mol. The highest BCUT2D eigenvalue weighted by molar-refractivity contribution is 6.34. The largest absolute Gasteiger partial charge is 0.462 e. The van der Waals surface area contributed by atoms with Gasteiger partial charge in [0.1, 0.15) is 0 Å². The van der Waals surface area contributed by atoms with E-state index in [1.807, 2.05) is 0 Å². The van der Waals surface area contributed by atoms with Crippen molar-refractivity contribution in [2.24, 2.45) is 0 Å². The number of nitrogens with zero attached hydrogens (tertiary/aromatic N) is 1. The fourth-order valence-corrected chi connectivity index (χ4v) is 2.11. The van der Waals surface area contributed by atoms with Crippen LogP contribution >= 0.6 is 11.6 Å². The number of rotatable bonds is 5. The number of hydrogen-bond donors (Lipinski definition) is 1. The van der Waals surface area contributed by atoms with Crippen LogP contribution < -0.4 is 5.32 Å². The molecule has 0 bridgehead atoms. The second-order valence-corrected chi connectivity index (χ2v) is 5.08. The first kappa shape index (κ1) is 17.4. The number of esters is 1. The minimum Gasteiger partial charge on any atom is -0.462 e. The molecule has 2 aromatic carbocycles. The van der Waals surface area contributed by atoms with Crippen molar-refractivity contribution in [2.45, 2.75) is 6.92 Å². The molecule has 7 nitrogen and oxygen atoms in total. The van der Waals surface area contributed by atoms with E-state index in [-0.39, 0.29) is 22.9 Å². The van der Waals surface area contributed by atoms with Gasteiger partial charge in [0.2, 0.25) is 0 Å². The van der Waals surface area contributed by atoms with E-state index in [0.717, 1.165) is 6.07 Å². The van der Waals surface area contributed by atoms with Gasteiger partial charge in [-0.2, -0.15) is 0 Å². The number of ether oxygens (including phenoxy) is 1. The minimum atomic E-state index is -0.610. The van der Waals surface area contributed by atoms with Crippen LogP contribution in [0.15, 0.2) is 42.5 Å². The Kier molecular flexibility index (Phi) is 5.49. The standard InChI is InChI=1S/C16H13ClN2O5/c1-2-24-16(21)10-3-5-11(6-4-10)18-15(20)13-9-12(19(22)23)7-8-14(13)17/h3-9H,2H2,1H3,(H,18,20). The first-order chi connectivity index (χ1) is 11.4. The summed E-state index contributed by atoms with van der Waals surface area (Å²) >= 11 is 5.92. The number of hydrogen-bond acceptors (Lipinski definition) is 5. The lowest BCUT2D eigenvalue weighted by Gasteiger charge is -2.08. The molecule has 0 aliphatic carbocycles. The summed E-state index contributed by atoms with van der Waals surface area (Å²) in [5, 5.41) is 13.5. The Morgan fingerprint density at radius 2 is 1.88 bits per heavy atom. The van der Waals surface area contributed by atoms with E-state index in [2.05, 4.69) is 5.32 Å². The quantitative estimate of drug-likeness (QED) is 0.505. The molecule has 2 rings (SSSR count). The Morgan fingerprint density at radius 3 is 2.46 bits per heavy atom. The lowest BCUT2D eigenvalue weighted by Crippen LogP contribution is -2.13. The molecular formula is C16H13ClN2O5. The SMILES string of the molecule is CCOC(=O)c1ccc(NC(=O)c2cc([N+](=O)[O-])ccc2Cl)cc1. The monoisotopic (exact) mass is 348 g/mol. The third kappa shape index (κ3) is 4.08. The van der Waals surface area contributed by atoms with Crippen molar-refractivity contribution in [1.29, 1.82) is 0 Å². The van der Waals surface area contributed by atoms with Crippen LogP contribution in [0.4, 0.5) is 11.4 Å². The summed E-state index contributed by atoms with van der Waals surface area (Å²) in [7, 11) is 0. The molecule has 1 N–H and O–H groups in total. The number of non-ortho nitro benzene ring substituents is 1. The molecule has 2 aromatic rings. The van der Waals surface area contributed by atoms with Crippen LogP contribution in [-0.4, -0.2) is 23.4 Å². The highest BCUT2D eigenvalue weighted by Crippen LogP contribution is 2.23. The number of carbonyl (C=O) groups excluding carboxylic acids is 2. The Bertz CT molecular complexity index is 790. The summed E-state index contributed by atoms with van der Waals surface area (Å²) in [5.41, 5.74) is 0.515. The first-order valence-corrected chi connectivity index (χ1v) is 7.32. The molecule has 0 spiro atoms. The molecule has 0 aliphatic rings. The van der Waals surface area contributed by atoms with Crippen LogP contribution in [0.5, 0.6) is 0 Å². The average molecular weight is 349 g/mol. The Labute approximate surface area is 142 Å². The molecule has 0 fully saturated rings. The van der Waals surface area contributed by atoms with E-state index in [1.54, 1.807) is 6.92 Å². The summed E-state index contributed by atoms with van der Waals surface area (Å²) in [6.45, 7) is 1.97. The molecule has 24 heavy (non-hydrogen) atoms. The molecule has 0 atom stereocenters. The first-order valence-electron chi connectivity index (χ1n) is 6.95. The Hall–Kier alpha value is -2.93. The molecular weight excluding hydrogens is 336 g/mol. The number of benzene rings is 2. The van der Waals surface area contributed by atoms with Crippen LogP contribution in [0.2, 0.25) is 5.02 Å². The van der Waals surface area contributed by atoms with Crippen LogP contribution in [0, 0.1) is 10.1 Å². The molecule has 0 aliphatic heterocycles. The molecule has 0 heterocycles. The number of nitro benzene ring substituents is 1. The smallest absolute Gasteiger partial charge is 0.338 e. The minimum absolute atomic E-state index is 0.0136. The highest BCUT2D eigenvalue weighted by atomic mass is 35.5. The Morgan fingerprint density at radius 1 is 1.21 bits per heavy atom. The molecule has 0 saturated carbocycles. The maximum Gasteiger partial charge on any atom is 0.338 e. The maximum atomic E-state index is 12.2. The van der Waals surface area contributed by atoms with E-state index in [0.29, 0.717) is 11.3 Å². The van der Waals surface area contributed by atoms with Crippen molar-refractivity contribution < 1.29 is 19.2 Å². The zero-order chi connectivity index (χ0) is 17.7. The van der Waals surface area contributed by atoms with Crippen molar-refractivity contribution >= 4 is 34.9 Å². The number of anilines is 1. The summed E-state index contributed by atoms with van der Waals surface area (Å²) in [4.78, 5) is 34.0. The highest BCUT2D eigenvalue weighted by Gasteiger charge is 2.16. The van der Waals surface area contributed by atoms with Gasteiger partial charge >= 0.3 is 5.97 Å². The van der Waals surface area contributed by atoms with Gasteiger partial charge in [0.25, 0.3) is 11.6 Å². The molecule has 124 valence electrons. The molecule has 0 unspecified atom stereocenters. The van der Waals surface area contributed by atoms with E-state index >= 15 is 0 Å². The normalized spacial score (nSPS) is 10.1. The summed E-state index contributed by atoms with van der Waals surface area (Å²) in [6, 6.07) is 9.66. The summed E-state index contributed by atoms with van der Waals surface area (Å²) in [6.07, 6.45) is 0. The van der Waals surface area contributed by atoms with Gasteiger partial charge in [-0.1, -0.05) is 11.6 Å². The van der Waals surface area contributed by atoms with Gasteiger partial charge < -0.3 is 10.1 Å². The van der Waals surface area contributed by atoms with Gasteiger partial charge in [0, 0.05) is 17.8 Å². The molecule has 0 aromatic heterocycles. The van der Waals surface area contributed by atoms with E-state index in [9.17, 15) is 19.7 Å². The molecule has 8 heteroatoms. The van der Waals surface area contributed by atoms with Crippen molar-refractivity contribution in [1.82, 2.24) is 0 Å². The van der Waals surface area contributed by atoms with Crippen LogP contribution in [0.25, 0.3) is 0 Å². The number of carbonyl (C=O) groups is 2. The van der Waals surface area contributed by atoms with Gasteiger partial charge in [-0.25, -0.2) is 4.79 Å². The van der Waals surface area contributed by atoms with Crippen LogP contribution in [-0.2, 0) is 4.74 Å². The maximum absolute atomic E-state index is 12.2. The Balaban J connectivity index is 2.16. The number of nitrogens with one attached hydrogen (secondary N) is 1. The zero-order valence-electron chi connectivity index (χ0n) is 12.6. The van der Waals surface area contributed by atoms with Crippen molar-refractivity contribution in [3.05, 3.63) is 68.7 Å². The van der Waals surface area contributed by atoms with Crippen molar-refractivity contribution in [2.75, 3.05) is 11.9 Å². The van der Waals surface area contributed by atoms with Crippen molar-refractivity contribution in [3.63, 3.8) is 0 Å². The number of nitro groups is 1. The van der Waals surface area contributed by atoms with Crippen molar-refractivity contribution in [3.8, 4) is 0 Å². The van der Waals surface area contributed by atoms with Gasteiger partial charge in [0.15, 0.2) is 0 Å². The molecule has 0 saturated heterocycles. The topological polar surface area (TPSA) is 98.5 Å². The van der Waals surface area contributed by atoms with Gasteiger partial charge in [-0.3, -0.25) is 14.9 Å². The second-order valence-electron chi connectivity index (χ2n) is 4.67. The second kappa shape index (κ2) is 7.56. The van der Waals surface area contributed by atoms with Gasteiger partial charge in [-0.15, -0.1) is 0 Å². The third-order valence-corrected chi connectivity index (χ3v) is 3.39. The third-order valence-electron chi connectivity index (χ3n) is 3.06. The lowest BCUT2D eigenvalue weighted by molar-refractivity contribution is -0.384. The van der Waals surface area contributed by atoms with Gasteiger partial charge in [0.05, 0.1) is 27.7 Å². The number of halogens is 1. The fraction of sp³-hybridized carbons (Fsp3) is 0.125. The predicted octanol–water partition coefficient (Wildman–Crippen LogP) is 3.68. The number of amides is 1. The van der Waals surface area contributed by atoms with E-state index < -0.39 is 16.8 Å². The van der Waals surface area contributed by atoms with E-state index in [1.165, 1.54) is 36.4 Å². The van der Waals surface area contributed by atoms with Crippen LogP contribution in [0.3, 0.4) is 0 Å².